The van der Waals surface area contributed by atoms with Crippen LogP contribution in [-0.2, 0) is 17.8 Å². The number of carboxylic acid groups (broad SMARTS) is 1. The van der Waals surface area contributed by atoms with E-state index in [0.29, 0.717) is 16.9 Å². The molecule has 0 aliphatic carbocycles. The Bertz CT molecular complexity index is 1360. The number of aromatic nitrogens is 2. The van der Waals surface area contributed by atoms with Crippen molar-refractivity contribution >= 4 is 11.9 Å². The third-order valence-corrected chi connectivity index (χ3v) is 6.64. The van der Waals surface area contributed by atoms with Gasteiger partial charge in [0.25, 0.3) is 5.91 Å². The normalized spacial score (nSPS) is 12.6. The van der Waals surface area contributed by atoms with Crippen molar-refractivity contribution in [2.75, 3.05) is 7.05 Å². The molecule has 0 aliphatic heterocycles. The number of aliphatic hydroxyl groups is 2. The second kappa shape index (κ2) is 15.0. The van der Waals surface area contributed by atoms with E-state index in [9.17, 15) is 38.1 Å². The molecule has 0 unspecified atom stereocenters. The van der Waals surface area contributed by atoms with Gasteiger partial charge in [-0.15, -0.1) is 0 Å². The topological polar surface area (TPSA) is 119 Å². The Balaban J connectivity index is 0.00000588. The predicted octanol–water partition coefficient (Wildman–Crippen LogP) is 0.182. The van der Waals surface area contributed by atoms with Crippen molar-refractivity contribution in [2.24, 2.45) is 0 Å². The first-order chi connectivity index (χ1) is 18.8. The van der Waals surface area contributed by atoms with Crippen LogP contribution in [0.5, 0.6) is 0 Å². The molecule has 0 fully saturated rings. The molecule has 2 atom stereocenters. The number of aliphatic carboxylic acids is 1. The number of carbonyl (C=O) groups excluding carboxylic acids is 2. The summed E-state index contributed by atoms with van der Waals surface area (Å²) in [5.41, 5.74) is 1.78. The second-order valence-corrected chi connectivity index (χ2v) is 10.2. The quantitative estimate of drug-likeness (QED) is 0.294. The molecule has 41 heavy (non-hydrogen) atoms. The zero-order valence-corrected chi connectivity index (χ0v) is 25.8. The summed E-state index contributed by atoms with van der Waals surface area (Å²) in [5.74, 6) is -4.69. The molecule has 8 nitrogen and oxygen atoms in total. The molecule has 2 N–H and O–H groups in total. The standard InChI is InChI=1S/C29H34F3N3O5.Na/c1-16(2)25-23(12-11-21(36)13-22(37)14-24(38)39)35(20-9-7-19(30)8-10-20)33-28(25)29(40)34(4)15-18-6-5-17(3)26(31)27(18)32;/h5-10,16,21-22,36-37H,11-15H2,1-4H3,(H,38,39);/q;+1/p-1/t21-,22-;/m1./s1. The Morgan fingerprint density at radius 2 is 1.66 bits per heavy atom. The van der Waals surface area contributed by atoms with Crippen molar-refractivity contribution < 1.29 is 67.6 Å². The molecule has 0 spiro atoms. The Kier molecular flexibility index (Phi) is 12.6. The van der Waals surface area contributed by atoms with Crippen LogP contribution in [0.4, 0.5) is 13.2 Å². The van der Waals surface area contributed by atoms with E-state index in [1.165, 1.54) is 60.0 Å². The van der Waals surface area contributed by atoms with Gasteiger partial charge >= 0.3 is 29.6 Å². The van der Waals surface area contributed by atoms with E-state index in [1.54, 1.807) is 0 Å². The fourth-order valence-electron chi connectivity index (χ4n) is 4.59. The molecule has 0 bridgehead atoms. The Morgan fingerprint density at radius 1 is 1.02 bits per heavy atom. The number of hydrogen-bond donors (Lipinski definition) is 2. The van der Waals surface area contributed by atoms with E-state index in [2.05, 4.69) is 5.10 Å². The van der Waals surface area contributed by atoms with Crippen LogP contribution in [0, 0.1) is 24.4 Å². The summed E-state index contributed by atoms with van der Waals surface area (Å²) in [4.78, 5) is 25.6. The predicted molar refractivity (Wildman–Crippen MR) is 139 cm³/mol. The van der Waals surface area contributed by atoms with Gasteiger partial charge in [0.15, 0.2) is 17.3 Å². The van der Waals surface area contributed by atoms with Gasteiger partial charge in [-0.2, -0.15) is 5.10 Å². The Hall–Kier alpha value is -2.70. The summed E-state index contributed by atoms with van der Waals surface area (Å²) in [5, 5.41) is 35.6. The maximum atomic E-state index is 14.5. The summed E-state index contributed by atoms with van der Waals surface area (Å²) in [6.07, 6.45) is -2.86. The van der Waals surface area contributed by atoms with Crippen molar-refractivity contribution in [1.29, 1.82) is 0 Å². The summed E-state index contributed by atoms with van der Waals surface area (Å²) in [6.45, 7) is 4.92. The third kappa shape index (κ3) is 8.65. The van der Waals surface area contributed by atoms with E-state index in [1.807, 2.05) is 13.8 Å². The largest absolute Gasteiger partial charge is 1.00 e. The molecule has 1 heterocycles. The number of nitrogens with zero attached hydrogens (tertiary/aromatic N) is 3. The minimum Gasteiger partial charge on any atom is -0.550 e. The molecular weight excluding hydrogens is 550 g/mol. The van der Waals surface area contributed by atoms with Crippen LogP contribution < -0.4 is 34.7 Å². The fraction of sp³-hybridized carbons (Fsp3) is 0.414. The minimum absolute atomic E-state index is 0. The summed E-state index contributed by atoms with van der Waals surface area (Å²) < 4.78 is 43.8. The van der Waals surface area contributed by atoms with Crippen LogP contribution in [-0.4, -0.2) is 56.0 Å². The molecule has 2 aromatic carbocycles. The number of halogens is 3. The number of hydrogen-bond acceptors (Lipinski definition) is 6. The molecule has 0 saturated carbocycles. The van der Waals surface area contributed by atoms with Gasteiger partial charge in [0.05, 0.1) is 17.9 Å². The van der Waals surface area contributed by atoms with Crippen molar-refractivity contribution in [1.82, 2.24) is 14.7 Å². The van der Waals surface area contributed by atoms with Gasteiger partial charge < -0.3 is 25.0 Å². The minimum atomic E-state index is -1.43. The number of benzene rings is 2. The fourth-order valence-corrected chi connectivity index (χ4v) is 4.59. The van der Waals surface area contributed by atoms with Gasteiger partial charge in [0, 0.05) is 42.8 Å². The maximum Gasteiger partial charge on any atom is 1.00 e. The molecule has 0 saturated heterocycles. The van der Waals surface area contributed by atoms with Crippen LogP contribution >= 0.6 is 0 Å². The first-order valence-corrected chi connectivity index (χ1v) is 12.9. The number of aliphatic hydroxyl groups excluding tert-OH is 2. The van der Waals surface area contributed by atoms with Gasteiger partial charge in [-0.3, -0.25) is 4.79 Å². The van der Waals surface area contributed by atoms with E-state index < -0.39 is 48.0 Å². The van der Waals surface area contributed by atoms with E-state index in [4.69, 9.17) is 0 Å². The van der Waals surface area contributed by atoms with Crippen LogP contribution in [0.2, 0.25) is 0 Å². The molecule has 3 rings (SSSR count). The van der Waals surface area contributed by atoms with Gasteiger partial charge in [0.2, 0.25) is 0 Å². The van der Waals surface area contributed by atoms with Crippen molar-refractivity contribution in [3.05, 3.63) is 81.9 Å². The number of carbonyl (C=O) groups is 2. The van der Waals surface area contributed by atoms with Crippen molar-refractivity contribution in [3.63, 3.8) is 0 Å². The van der Waals surface area contributed by atoms with Gasteiger partial charge in [-0.1, -0.05) is 26.0 Å². The summed E-state index contributed by atoms with van der Waals surface area (Å²) >= 11 is 0. The van der Waals surface area contributed by atoms with Gasteiger partial charge in [-0.05, 0) is 61.9 Å². The number of carboxylic acids is 1. The summed E-state index contributed by atoms with van der Waals surface area (Å²) in [6, 6.07) is 8.30. The Morgan fingerprint density at radius 3 is 2.24 bits per heavy atom. The molecule has 1 aromatic heterocycles. The third-order valence-electron chi connectivity index (χ3n) is 6.64. The first kappa shape index (κ1) is 34.5. The van der Waals surface area contributed by atoms with Crippen molar-refractivity contribution in [3.8, 4) is 5.69 Å². The second-order valence-electron chi connectivity index (χ2n) is 10.2. The van der Waals surface area contributed by atoms with E-state index in [0.717, 1.165) is 0 Å². The van der Waals surface area contributed by atoms with Crippen LogP contribution in [0.1, 0.15) is 71.9 Å². The average Bonchev–Trinajstić information content (AvgIpc) is 3.27. The first-order valence-electron chi connectivity index (χ1n) is 12.9. The average molecular weight is 584 g/mol. The van der Waals surface area contributed by atoms with Crippen LogP contribution in [0.25, 0.3) is 5.69 Å². The number of amides is 1. The molecule has 12 heteroatoms. The molecule has 1 amide bonds. The molecule has 0 radical (unpaired) electrons. The monoisotopic (exact) mass is 583 g/mol. The molecule has 0 aliphatic rings. The molecular formula is C29H33F3N3NaO5. The number of rotatable bonds is 12. The Labute approximate surface area is 259 Å². The SMILES string of the molecule is Cc1ccc(CN(C)C(=O)c2nn(-c3ccc(F)cc3)c(CC[C@@H](O)C[C@@H](O)CC(=O)[O-])c2C(C)C)c(F)c1F.[Na+]. The smallest absolute Gasteiger partial charge is 0.550 e. The number of aryl methyl sites for hydroxylation is 1. The zero-order chi connectivity index (χ0) is 29.7. The van der Waals surface area contributed by atoms with Crippen LogP contribution in [0.15, 0.2) is 36.4 Å². The van der Waals surface area contributed by atoms with Gasteiger partial charge in [-0.25, -0.2) is 17.9 Å². The van der Waals surface area contributed by atoms with E-state index in [-0.39, 0.29) is 78.1 Å². The van der Waals surface area contributed by atoms with Crippen LogP contribution in [0.3, 0.4) is 0 Å². The van der Waals surface area contributed by atoms with Gasteiger partial charge in [0.1, 0.15) is 5.82 Å². The summed E-state index contributed by atoms with van der Waals surface area (Å²) in [7, 11) is 1.45. The van der Waals surface area contributed by atoms with Crippen molar-refractivity contribution in [2.45, 2.75) is 71.1 Å². The van der Waals surface area contributed by atoms with E-state index >= 15 is 0 Å². The zero-order valence-electron chi connectivity index (χ0n) is 23.8. The maximum absolute atomic E-state index is 14.5. The molecule has 3 aromatic rings. The molecule has 216 valence electrons.